The van der Waals surface area contributed by atoms with Gasteiger partial charge in [-0.3, -0.25) is 9.59 Å². The second kappa shape index (κ2) is 7.18. The molecule has 0 saturated heterocycles. The average Bonchev–Trinajstić information content (AvgIpc) is 3.42. The number of anilines is 1. The smallest absolute Gasteiger partial charge is 0.240 e. The maximum absolute atomic E-state index is 12.9. The Bertz CT molecular complexity index is 843. The van der Waals surface area contributed by atoms with E-state index in [1.165, 1.54) is 5.56 Å². The number of rotatable bonds is 5. The van der Waals surface area contributed by atoms with E-state index in [1.54, 1.807) is 0 Å². The van der Waals surface area contributed by atoms with Crippen LogP contribution >= 0.6 is 0 Å². The highest BCUT2D eigenvalue weighted by molar-refractivity contribution is 6.13. The summed E-state index contributed by atoms with van der Waals surface area (Å²) in [5.41, 5.74) is 3.04. The zero-order valence-electron chi connectivity index (χ0n) is 16.6. The van der Waals surface area contributed by atoms with E-state index < -0.39 is 5.41 Å². The van der Waals surface area contributed by atoms with Gasteiger partial charge in [-0.25, -0.2) is 0 Å². The molecule has 2 amide bonds. The highest BCUT2D eigenvalue weighted by Crippen LogP contribution is 2.47. The molecule has 0 heterocycles. The number of aryl methyl sites for hydroxylation is 1. The number of benzene rings is 2. The Balaban J connectivity index is 1.68. The highest BCUT2D eigenvalue weighted by atomic mass is 16.2. The van der Waals surface area contributed by atoms with E-state index in [4.69, 9.17) is 0 Å². The lowest BCUT2D eigenvalue weighted by molar-refractivity contribution is -0.134. The Morgan fingerprint density at radius 3 is 2.19 bits per heavy atom. The quantitative estimate of drug-likeness (QED) is 0.776. The topological polar surface area (TPSA) is 58.2 Å². The summed E-state index contributed by atoms with van der Waals surface area (Å²) in [5.74, 6) is -0.394. The summed E-state index contributed by atoms with van der Waals surface area (Å²) in [6.07, 6.45) is 1.19. The molecular weight excluding hydrogens is 336 g/mol. The molecule has 0 atom stereocenters. The van der Waals surface area contributed by atoms with Crippen LogP contribution in [0.3, 0.4) is 0 Å². The van der Waals surface area contributed by atoms with E-state index in [-0.39, 0.29) is 17.2 Å². The molecule has 1 aliphatic rings. The molecule has 142 valence electrons. The van der Waals surface area contributed by atoms with Gasteiger partial charge in [0.2, 0.25) is 11.8 Å². The van der Waals surface area contributed by atoms with Gasteiger partial charge in [0.15, 0.2) is 0 Å². The first-order chi connectivity index (χ1) is 12.7. The standard InChI is InChI=1S/C23H28N2O2/c1-16-9-11-17(12-10-16)15-24-20(26)23(13-14-23)21(27)25-19-8-6-5-7-18(19)22(2,3)4/h5-12H,13-15H2,1-4H3,(H,24,26)(H,25,27). The second-order valence-corrected chi connectivity index (χ2v) is 8.50. The number of hydrogen-bond acceptors (Lipinski definition) is 2. The van der Waals surface area contributed by atoms with Gasteiger partial charge in [-0.15, -0.1) is 0 Å². The molecule has 2 N–H and O–H groups in total. The number of amides is 2. The minimum atomic E-state index is -0.935. The molecule has 0 aliphatic heterocycles. The van der Waals surface area contributed by atoms with Gasteiger partial charge in [-0.1, -0.05) is 68.8 Å². The summed E-state index contributed by atoms with van der Waals surface area (Å²) < 4.78 is 0. The Hall–Kier alpha value is -2.62. The molecule has 0 spiro atoms. The summed E-state index contributed by atoms with van der Waals surface area (Å²) in [5, 5.41) is 5.94. The Morgan fingerprint density at radius 1 is 0.963 bits per heavy atom. The zero-order valence-corrected chi connectivity index (χ0v) is 16.6. The van der Waals surface area contributed by atoms with Crippen molar-refractivity contribution in [3.05, 3.63) is 65.2 Å². The van der Waals surface area contributed by atoms with Crippen molar-refractivity contribution >= 4 is 17.5 Å². The number of carbonyl (C=O) groups is 2. The van der Waals surface area contributed by atoms with Gasteiger partial charge < -0.3 is 10.6 Å². The van der Waals surface area contributed by atoms with Crippen molar-refractivity contribution in [2.75, 3.05) is 5.32 Å². The molecule has 1 aliphatic carbocycles. The summed E-state index contributed by atoms with van der Waals surface area (Å²) in [6.45, 7) is 8.80. The first-order valence-electron chi connectivity index (χ1n) is 9.47. The van der Waals surface area contributed by atoms with Crippen molar-refractivity contribution in [3.63, 3.8) is 0 Å². The Morgan fingerprint density at radius 2 is 1.59 bits per heavy atom. The van der Waals surface area contributed by atoms with E-state index in [9.17, 15) is 9.59 Å². The van der Waals surface area contributed by atoms with Crippen LogP contribution in [0.5, 0.6) is 0 Å². The number of hydrogen-bond donors (Lipinski definition) is 2. The fourth-order valence-electron chi connectivity index (χ4n) is 3.23. The SMILES string of the molecule is Cc1ccc(CNC(=O)C2(C(=O)Nc3ccccc3C(C)(C)C)CC2)cc1. The van der Waals surface area contributed by atoms with Crippen LogP contribution in [0.25, 0.3) is 0 Å². The lowest BCUT2D eigenvalue weighted by Crippen LogP contribution is -2.40. The molecule has 4 nitrogen and oxygen atoms in total. The average molecular weight is 364 g/mol. The van der Waals surface area contributed by atoms with E-state index in [1.807, 2.05) is 55.5 Å². The monoisotopic (exact) mass is 364 g/mol. The molecule has 1 saturated carbocycles. The summed E-state index contributed by atoms with van der Waals surface area (Å²) in [6, 6.07) is 15.8. The van der Waals surface area contributed by atoms with Crippen LogP contribution in [0.1, 0.15) is 50.3 Å². The lowest BCUT2D eigenvalue weighted by atomic mass is 9.85. The third-order valence-corrected chi connectivity index (χ3v) is 5.18. The number of para-hydroxylation sites is 1. The van der Waals surface area contributed by atoms with Crippen LogP contribution in [0, 0.1) is 12.3 Å². The third kappa shape index (κ3) is 4.21. The van der Waals surface area contributed by atoms with Gasteiger partial charge in [-0.2, -0.15) is 0 Å². The molecule has 1 fully saturated rings. The van der Waals surface area contributed by atoms with Gasteiger partial charge in [0.05, 0.1) is 0 Å². The third-order valence-electron chi connectivity index (χ3n) is 5.18. The minimum absolute atomic E-state index is 0.0890. The van der Waals surface area contributed by atoms with E-state index in [2.05, 4.69) is 31.4 Å². The molecule has 3 rings (SSSR count). The minimum Gasteiger partial charge on any atom is -0.351 e. The molecule has 4 heteroatoms. The molecule has 0 bridgehead atoms. The predicted octanol–water partition coefficient (Wildman–Crippen LogP) is 4.33. The highest BCUT2D eigenvalue weighted by Gasteiger charge is 2.56. The lowest BCUT2D eigenvalue weighted by Gasteiger charge is -2.24. The number of nitrogens with one attached hydrogen (secondary N) is 2. The van der Waals surface area contributed by atoms with Crippen LogP contribution in [0.15, 0.2) is 48.5 Å². The van der Waals surface area contributed by atoms with Crippen molar-refractivity contribution in [2.24, 2.45) is 5.41 Å². The Labute approximate surface area is 161 Å². The van der Waals surface area contributed by atoms with Crippen LogP contribution in [-0.4, -0.2) is 11.8 Å². The second-order valence-electron chi connectivity index (χ2n) is 8.50. The fourth-order valence-corrected chi connectivity index (χ4v) is 3.23. The Kier molecular flexibility index (Phi) is 5.09. The maximum Gasteiger partial charge on any atom is 0.240 e. The van der Waals surface area contributed by atoms with E-state index >= 15 is 0 Å². The first-order valence-corrected chi connectivity index (χ1v) is 9.47. The summed E-state index contributed by atoms with van der Waals surface area (Å²) >= 11 is 0. The van der Waals surface area contributed by atoms with E-state index in [0.717, 1.165) is 16.8 Å². The maximum atomic E-state index is 12.9. The molecular formula is C23H28N2O2. The van der Waals surface area contributed by atoms with Crippen LogP contribution in [-0.2, 0) is 21.5 Å². The van der Waals surface area contributed by atoms with Crippen molar-refractivity contribution in [2.45, 2.75) is 52.5 Å². The molecule has 0 radical (unpaired) electrons. The molecule has 27 heavy (non-hydrogen) atoms. The molecule has 2 aromatic carbocycles. The normalized spacial score (nSPS) is 15.1. The van der Waals surface area contributed by atoms with Crippen LogP contribution < -0.4 is 10.6 Å². The van der Waals surface area contributed by atoms with Gasteiger partial charge in [-0.05, 0) is 42.4 Å². The van der Waals surface area contributed by atoms with Gasteiger partial charge in [0.25, 0.3) is 0 Å². The summed E-state index contributed by atoms with van der Waals surface area (Å²) in [4.78, 5) is 25.6. The molecule has 0 unspecified atom stereocenters. The van der Waals surface area contributed by atoms with Crippen LogP contribution in [0.4, 0.5) is 5.69 Å². The van der Waals surface area contributed by atoms with Crippen molar-refractivity contribution in [1.29, 1.82) is 0 Å². The van der Waals surface area contributed by atoms with E-state index in [0.29, 0.717) is 19.4 Å². The number of carbonyl (C=O) groups excluding carboxylic acids is 2. The van der Waals surface area contributed by atoms with Gasteiger partial charge >= 0.3 is 0 Å². The van der Waals surface area contributed by atoms with Gasteiger partial charge in [0, 0.05) is 12.2 Å². The molecule has 2 aromatic rings. The van der Waals surface area contributed by atoms with Crippen LogP contribution in [0.2, 0.25) is 0 Å². The van der Waals surface area contributed by atoms with Gasteiger partial charge in [0.1, 0.15) is 5.41 Å². The largest absolute Gasteiger partial charge is 0.351 e. The fraction of sp³-hybridized carbons (Fsp3) is 0.391. The van der Waals surface area contributed by atoms with Crippen molar-refractivity contribution in [3.8, 4) is 0 Å². The zero-order chi connectivity index (χ0) is 19.7. The summed E-state index contributed by atoms with van der Waals surface area (Å²) in [7, 11) is 0. The first kappa shape index (κ1) is 19.2. The predicted molar refractivity (Wildman–Crippen MR) is 108 cm³/mol. The van der Waals surface area contributed by atoms with Crippen molar-refractivity contribution < 1.29 is 9.59 Å². The van der Waals surface area contributed by atoms with Crippen molar-refractivity contribution in [1.82, 2.24) is 5.32 Å². The molecule has 0 aromatic heterocycles.